The largest absolute Gasteiger partial charge is 0.342 e. The number of carbonyl (C=O) groups excluding carboxylic acids is 2. The van der Waals surface area contributed by atoms with Crippen LogP contribution in [0.5, 0.6) is 0 Å². The second kappa shape index (κ2) is 10.2. The maximum atomic E-state index is 12.3. The third kappa shape index (κ3) is 5.84. The average molecular weight is 323 g/mol. The molecule has 0 aromatic heterocycles. The zero-order valence-electron chi connectivity index (χ0n) is 14.6. The fourth-order valence-electron chi connectivity index (χ4n) is 2.16. The van der Waals surface area contributed by atoms with Crippen molar-refractivity contribution in [1.29, 1.82) is 0 Å². The molecule has 0 aliphatic carbocycles. The molecule has 3 heteroatoms. The Morgan fingerprint density at radius 3 is 2.12 bits per heavy atom. The van der Waals surface area contributed by atoms with E-state index in [2.05, 4.69) is 11.9 Å². The summed E-state index contributed by atoms with van der Waals surface area (Å²) in [6.07, 6.45) is 2.21. The van der Waals surface area contributed by atoms with Crippen LogP contribution in [0.25, 0.3) is 6.08 Å². The van der Waals surface area contributed by atoms with E-state index in [4.69, 9.17) is 0 Å². The Morgan fingerprint density at radius 1 is 1.04 bits per heavy atom. The van der Waals surface area contributed by atoms with Crippen LogP contribution < -0.4 is 5.32 Å². The first-order valence-electron chi connectivity index (χ1n) is 8.18. The Bertz CT molecular complexity index is 660. The van der Waals surface area contributed by atoms with E-state index in [1.54, 1.807) is 18.2 Å². The van der Waals surface area contributed by atoms with Crippen molar-refractivity contribution in [3.8, 4) is 0 Å². The summed E-state index contributed by atoms with van der Waals surface area (Å²) in [4.78, 5) is 24.0. The van der Waals surface area contributed by atoms with Gasteiger partial charge in [0, 0.05) is 5.56 Å². The van der Waals surface area contributed by atoms with Crippen LogP contribution in [0.2, 0.25) is 0 Å². The smallest absolute Gasteiger partial charge is 0.251 e. The molecule has 0 saturated heterocycles. The number of Topliss-reactive ketones (excluding diaryl/α,β-unsaturated/α-hetero) is 1. The monoisotopic (exact) mass is 323 g/mol. The van der Waals surface area contributed by atoms with Crippen LogP contribution in [0.15, 0.2) is 61.2 Å². The first-order valence-corrected chi connectivity index (χ1v) is 8.18. The number of amides is 1. The van der Waals surface area contributed by atoms with Crippen LogP contribution in [0, 0.1) is 0 Å². The van der Waals surface area contributed by atoms with Gasteiger partial charge in [-0.25, -0.2) is 0 Å². The SMILES string of the molecule is C=Cc1ccc(C(=O)N[C@@H](Cc2ccccc2)C(C)=O)cc1.CC. The van der Waals surface area contributed by atoms with E-state index in [-0.39, 0.29) is 11.7 Å². The normalized spacial score (nSPS) is 10.8. The zero-order valence-corrected chi connectivity index (χ0v) is 14.6. The summed E-state index contributed by atoms with van der Waals surface area (Å²) >= 11 is 0. The van der Waals surface area contributed by atoms with Crippen molar-refractivity contribution < 1.29 is 9.59 Å². The minimum absolute atomic E-state index is 0.0556. The van der Waals surface area contributed by atoms with Gasteiger partial charge in [0.15, 0.2) is 5.78 Å². The van der Waals surface area contributed by atoms with Gasteiger partial charge in [-0.3, -0.25) is 9.59 Å². The van der Waals surface area contributed by atoms with Gasteiger partial charge in [-0.15, -0.1) is 0 Å². The van der Waals surface area contributed by atoms with Crippen LogP contribution in [0.4, 0.5) is 0 Å². The Morgan fingerprint density at radius 2 is 1.62 bits per heavy atom. The highest BCUT2D eigenvalue weighted by Crippen LogP contribution is 2.08. The summed E-state index contributed by atoms with van der Waals surface area (Å²) in [5, 5.41) is 2.80. The molecule has 0 aliphatic rings. The highest BCUT2D eigenvalue weighted by Gasteiger charge is 2.18. The molecule has 2 aromatic rings. The summed E-state index contributed by atoms with van der Waals surface area (Å²) < 4.78 is 0. The van der Waals surface area contributed by atoms with Crippen LogP contribution in [0.3, 0.4) is 0 Å². The number of benzene rings is 2. The number of nitrogens with one attached hydrogen (secondary N) is 1. The highest BCUT2D eigenvalue weighted by atomic mass is 16.2. The maximum Gasteiger partial charge on any atom is 0.251 e. The molecular weight excluding hydrogens is 298 g/mol. The number of hydrogen-bond acceptors (Lipinski definition) is 2. The van der Waals surface area contributed by atoms with Crippen molar-refractivity contribution in [1.82, 2.24) is 5.32 Å². The third-order valence-electron chi connectivity index (χ3n) is 3.49. The molecule has 0 aliphatic heterocycles. The van der Waals surface area contributed by atoms with Gasteiger partial charge in [0.25, 0.3) is 5.91 Å². The van der Waals surface area contributed by atoms with Gasteiger partial charge in [-0.05, 0) is 36.6 Å². The fourth-order valence-corrected chi connectivity index (χ4v) is 2.16. The molecule has 0 saturated carbocycles. The van der Waals surface area contributed by atoms with E-state index in [0.29, 0.717) is 12.0 Å². The molecule has 24 heavy (non-hydrogen) atoms. The van der Waals surface area contributed by atoms with Gasteiger partial charge in [-0.2, -0.15) is 0 Å². The predicted octanol–water partition coefficient (Wildman–Crippen LogP) is 4.29. The molecule has 2 aromatic carbocycles. The van der Waals surface area contributed by atoms with Gasteiger partial charge < -0.3 is 5.32 Å². The number of hydrogen-bond donors (Lipinski definition) is 1. The standard InChI is InChI=1S/C19H19NO2.C2H6/c1-3-15-9-11-17(12-10-15)19(22)20-18(14(2)21)13-16-7-5-4-6-8-16;1-2/h3-12,18H,1,13H2,2H3,(H,20,22);1-2H3/t18-;/m0./s1. The Balaban J connectivity index is 0.00000139. The lowest BCUT2D eigenvalue weighted by Gasteiger charge is -2.16. The van der Waals surface area contributed by atoms with Crippen LogP contribution >= 0.6 is 0 Å². The fraction of sp³-hybridized carbons (Fsp3) is 0.238. The van der Waals surface area contributed by atoms with Crippen molar-refractivity contribution in [2.75, 3.05) is 0 Å². The molecule has 1 N–H and O–H groups in total. The molecule has 0 spiro atoms. The first-order chi connectivity index (χ1) is 11.6. The van der Waals surface area contributed by atoms with Crippen LogP contribution in [-0.4, -0.2) is 17.7 Å². The molecule has 0 radical (unpaired) electrons. The van der Waals surface area contributed by atoms with E-state index >= 15 is 0 Å². The summed E-state index contributed by atoms with van der Waals surface area (Å²) in [6, 6.07) is 16.2. The van der Waals surface area contributed by atoms with Gasteiger partial charge >= 0.3 is 0 Å². The topological polar surface area (TPSA) is 46.2 Å². The molecular formula is C21H25NO2. The lowest BCUT2D eigenvalue weighted by Crippen LogP contribution is -2.41. The highest BCUT2D eigenvalue weighted by molar-refractivity contribution is 5.97. The van der Waals surface area contributed by atoms with E-state index < -0.39 is 6.04 Å². The van der Waals surface area contributed by atoms with Gasteiger partial charge in [0.05, 0.1) is 6.04 Å². The van der Waals surface area contributed by atoms with Crippen molar-refractivity contribution in [3.05, 3.63) is 77.9 Å². The molecule has 1 atom stereocenters. The quantitative estimate of drug-likeness (QED) is 0.862. The van der Waals surface area contributed by atoms with Gasteiger partial charge in [0.1, 0.15) is 0 Å². The number of rotatable bonds is 6. The average Bonchev–Trinajstić information content (AvgIpc) is 2.63. The Kier molecular flexibility index (Phi) is 8.20. The molecule has 2 rings (SSSR count). The van der Waals surface area contributed by atoms with Crippen LogP contribution in [0.1, 0.15) is 42.3 Å². The van der Waals surface area contributed by atoms with E-state index in [1.165, 1.54) is 6.92 Å². The molecule has 0 bridgehead atoms. The summed E-state index contributed by atoms with van der Waals surface area (Å²) in [5.74, 6) is -0.299. The third-order valence-corrected chi connectivity index (χ3v) is 3.49. The lowest BCUT2D eigenvalue weighted by atomic mass is 10.0. The van der Waals surface area contributed by atoms with Gasteiger partial charge in [-0.1, -0.05) is 69.0 Å². The second-order valence-electron chi connectivity index (χ2n) is 5.15. The van der Waals surface area contributed by atoms with Crippen molar-refractivity contribution >= 4 is 17.8 Å². The molecule has 0 unspecified atom stereocenters. The summed E-state index contributed by atoms with van der Waals surface area (Å²) in [6.45, 7) is 9.17. The Hall–Kier alpha value is -2.68. The summed E-state index contributed by atoms with van der Waals surface area (Å²) in [7, 11) is 0. The first kappa shape index (κ1) is 19.4. The molecule has 126 valence electrons. The molecule has 0 fully saturated rings. The van der Waals surface area contributed by atoms with Gasteiger partial charge in [0.2, 0.25) is 0 Å². The van der Waals surface area contributed by atoms with E-state index in [1.807, 2.05) is 56.3 Å². The lowest BCUT2D eigenvalue weighted by molar-refractivity contribution is -0.118. The predicted molar refractivity (Wildman–Crippen MR) is 100.0 cm³/mol. The van der Waals surface area contributed by atoms with Crippen molar-refractivity contribution in [3.63, 3.8) is 0 Å². The Labute approximate surface area is 144 Å². The molecule has 1 amide bonds. The van der Waals surface area contributed by atoms with E-state index in [9.17, 15) is 9.59 Å². The number of ketones is 1. The minimum Gasteiger partial charge on any atom is -0.342 e. The van der Waals surface area contributed by atoms with Crippen molar-refractivity contribution in [2.24, 2.45) is 0 Å². The molecule has 3 nitrogen and oxygen atoms in total. The number of carbonyl (C=O) groups is 2. The summed E-state index contributed by atoms with van der Waals surface area (Å²) in [5.41, 5.74) is 2.50. The van der Waals surface area contributed by atoms with E-state index in [0.717, 1.165) is 11.1 Å². The van der Waals surface area contributed by atoms with Crippen LogP contribution in [-0.2, 0) is 11.2 Å². The second-order valence-corrected chi connectivity index (χ2v) is 5.15. The maximum absolute atomic E-state index is 12.3. The minimum atomic E-state index is -0.519. The molecule has 0 heterocycles. The zero-order chi connectivity index (χ0) is 17.9. The van der Waals surface area contributed by atoms with Crippen molar-refractivity contribution in [2.45, 2.75) is 33.2 Å².